The monoisotopic (exact) mass is 461 g/mol. The first-order valence-electron chi connectivity index (χ1n) is 11.3. The van der Waals surface area contributed by atoms with Crippen molar-refractivity contribution in [2.75, 3.05) is 13.2 Å². The lowest BCUT2D eigenvalue weighted by atomic mass is 10.1. The Morgan fingerprint density at radius 1 is 1.06 bits per heavy atom. The van der Waals surface area contributed by atoms with Crippen LogP contribution < -0.4 is 21.3 Å². The number of hydrogen-bond donors (Lipinski definition) is 3. The van der Waals surface area contributed by atoms with Gasteiger partial charge in [0.1, 0.15) is 17.1 Å². The van der Waals surface area contributed by atoms with Gasteiger partial charge in [0.05, 0.1) is 0 Å². The van der Waals surface area contributed by atoms with E-state index in [1.165, 1.54) is 5.56 Å². The largest absolute Gasteiger partial charge is 0.484 e. The SMILES string of the molecule is CCCn1c(=O)[nH]c2nc(-c3ccc(OCC(=O)NCCCc4ccccc4)cc3)[nH]c2c1=O. The van der Waals surface area contributed by atoms with Crippen molar-refractivity contribution in [2.45, 2.75) is 32.7 Å². The van der Waals surface area contributed by atoms with Gasteiger partial charge < -0.3 is 15.0 Å². The van der Waals surface area contributed by atoms with E-state index in [1.54, 1.807) is 24.3 Å². The minimum atomic E-state index is -0.473. The van der Waals surface area contributed by atoms with Gasteiger partial charge in [-0.05, 0) is 49.1 Å². The summed E-state index contributed by atoms with van der Waals surface area (Å²) in [5.74, 6) is 0.819. The van der Waals surface area contributed by atoms with Gasteiger partial charge in [0.15, 0.2) is 12.3 Å². The molecule has 0 aliphatic rings. The maximum Gasteiger partial charge on any atom is 0.330 e. The number of hydrogen-bond acceptors (Lipinski definition) is 5. The van der Waals surface area contributed by atoms with Crippen molar-refractivity contribution in [3.8, 4) is 17.1 Å². The second-order valence-corrected chi connectivity index (χ2v) is 7.95. The Morgan fingerprint density at radius 3 is 2.56 bits per heavy atom. The van der Waals surface area contributed by atoms with Gasteiger partial charge in [-0.25, -0.2) is 9.78 Å². The smallest absolute Gasteiger partial charge is 0.330 e. The highest BCUT2D eigenvalue weighted by Gasteiger charge is 2.13. The van der Waals surface area contributed by atoms with Crippen LogP contribution in [-0.2, 0) is 17.8 Å². The number of ether oxygens (including phenoxy) is 1. The van der Waals surface area contributed by atoms with Gasteiger partial charge in [-0.3, -0.25) is 19.1 Å². The van der Waals surface area contributed by atoms with Crippen molar-refractivity contribution in [3.63, 3.8) is 0 Å². The molecule has 0 aliphatic heterocycles. The number of amides is 1. The number of aromatic nitrogens is 4. The average Bonchev–Trinajstić information content (AvgIpc) is 3.28. The van der Waals surface area contributed by atoms with Crippen molar-refractivity contribution in [2.24, 2.45) is 0 Å². The predicted molar refractivity (Wildman–Crippen MR) is 130 cm³/mol. The van der Waals surface area contributed by atoms with Crippen molar-refractivity contribution >= 4 is 17.1 Å². The lowest BCUT2D eigenvalue weighted by Crippen LogP contribution is -2.34. The van der Waals surface area contributed by atoms with E-state index in [9.17, 15) is 14.4 Å². The van der Waals surface area contributed by atoms with E-state index < -0.39 is 11.2 Å². The summed E-state index contributed by atoms with van der Waals surface area (Å²) in [5, 5.41) is 2.86. The molecule has 34 heavy (non-hydrogen) atoms. The topological polar surface area (TPSA) is 122 Å². The number of nitrogens with zero attached hydrogens (tertiary/aromatic N) is 2. The zero-order chi connectivity index (χ0) is 23.9. The van der Waals surface area contributed by atoms with E-state index in [0.717, 1.165) is 23.0 Å². The molecular formula is C25H27N5O4. The molecule has 0 aliphatic carbocycles. The van der Waals surface area contributed by atoms with E-state index in [0.29, 0.717) is 31.1 Å². The van der Waals surface area contributed by atoms with Gasteiger partial charge in [0, 0.05) is 18.7 Å². The third kappa shape index (κ3) is 5.43. The van der Waals surface area contributed by atoms with E-state index in [1.807, 2.05) is 25.1 Å². The van der Waals surface area contributed by atoms with Gasteiger partial charge in [-0.2, -0.15) is 0 Å². The number of rotatable bonds is 10. The Hall–Kier alpha value is -4.14. The molecule has 9 nitrogen and oxygen atoms in total. The lowest BCUT2D eigenvalue weighted by Gasteiger charge is -2.08. The number of imidazole rings is 1. The Kier molecular flexibility index (Phi) is 7.22. The van der Waals surface area contributed by atoms with E-state index in [2.05, 4.69) is 32.4 Å². The molecule has 4 rings (SSSR count). The van der Waals surface area contributed by atoms with Crippen LogP contribution in [0.15, 0.2) is 64.2 Å². The Balaban J connectivity index is 1.32. The second kappa shape index (κ2) is 10.7. The molecule has 2 heterocycles. The molecule has 0 radical (unpaired) electrons. The number of aryl methyl sites for hydroxylation is 1. The van der Waals surface area contributed by atoms with Crippen LogP contribution >= 0.6 is 0 Å². The number of H-pyrrole nitrogens is 2. The predicted octanol–water partition coefficient (Wildman–Crippen LogP) is 2.62. The molecule has 0 spiro atoms. The lowest BCUT2D eigenvalue weighted by molar-refractivity contribution is -0.123. The molecule has 176 valence electrons. The summed E-state index contributed by atoms with van der Waals surface area (Å²) in [7, 11) is 0. The van der Waals surface area contributed by atoms with Gasteiger partial charge >= 0.3 is 5.69 Å². The zero-order valence-corrected chi connectivity index (χ0v) is 19.0. The van der Waals surface area contributed by atoms with Crippen LogP contribution in [0.25, 0.3) is 22.6 Å². The van der Waals surface area contributed by atoms with Crippen LogP contribution in [0.4, 0.5) is 0 Å². The summed E-state index contributed by atoms with van der Waals surface area (Å²) in [6, 6.07) is 17.1. The van der Waals surface area contributed by atoms with E-state index >= 15 is 0 Å². The molecule has 0 saturated heterocycles. The molecule has 2 aromatic heterocycles. The van der Waals surface area contributed by atoms with Crippen LogP contribution in [0.5, 0.6) is 5.75 Å². The first-order valence-corrected chi connectivity index (χ1v) is 11.3. The molecule has 3 N–H and O–H groups in total. The quantitative estimate of drug-likeness (QED) is 0.314. The molecule has 0 atom stereocenters. The molecular weight excluding hydrogens is 434 g/mol. The molecule has 0 fully saturated rings. The molecule has 4 aromatic rings. The Morgan fingerprint density at radius 2 is 1.82 bits per heavy atom. The van der Waals surface area contributed by atoms with Gasteiger partial charge in [0.25, 0.3) is 11.5 Å². The van der Waals surface area contributed by atoms with Crippen molar-refractivity contribution < 1.29 is 9.53 Å². The Bertz CT molecular complexity index is 1370. The molecule has 0 bridgehead atoms. The van der Waals surface area contributed by atoms with Crippen LogP contribution in [0.3, 0.4) is 0 Å². The summed E-state index contributed by atoms with van der Waals surface area (Å²) in [4.78, 5) is 46.7. The van der Waals surface area contributed by atoms with Gasteiger partial charge in [-0.15, -0.1) is 0 Å². The molecule has 0 saturated carbocycles. The number of carbonyl (C=O) groups is 1. The van der Waals surface area contributed by atoms with Crippen LogP contribution in [0.2, 0.25) is 0 Å². The molecule has 1 amide bonds. The van der Waals surface area contributed by atoms with E-state index in [4.69, 9.17) is 4.74 Å². The Labute approximate surface area is 195 Å². The van der Waals surface area contributed by atoms with E-state index in [-0.39, 0.29) is 23.7 Å². The van der Waals surface area contributed by atoms with Crippen molar-refractivity contribution in [1.29, 1.82) is 0 Å². The highest BCUT2D eigenvalue weighted by molar-refractivity contribution is 5.77. The maximum atomic E-state index is 12.6. The van der Waals surface area contributed by atoms with Crippen LogP contribution in [0.1, 0.15) is 25.3 Å². The summed E-state index contributed by atoms with van der Waals surface area (Å²) in [6.07, 6.45) is 2.44. The third-order valence-electron chi connectivity index (χ3n) is 5.39. The molecule has 9 heteroatoms. The van der Waals surface area contributed by atoms with Crippen molar-refractivity contribution in [1.82, 2.24) is 24.8 Å². The summed E-state index contributed by atoms with van der Waals surface area (Å²) in [5.41, 5.74) is 1.58. The zero-order valence-electron chi connectivity index (χ0n) is 19.0. The summed E-state index contributed by atoms with van der Waals surface area (Å²) >= 11 is 0. The maximum absolute atomic E-state index is 12.6. The molecule has 0 unspecified atom stereocenters. The fourth-order valence-electron chi connectivity index (χ4n) is 3.65. The number of aromatic amines is 2. The number of carbonyl (C=O) groups excluding carboxylic acids is 1. The van der Waals surface area contributed by atoms with Crippen LogP contribution in [-0.4, -0.2) is 38.6 Å². The van der Waals surface area contributed by atoms with Gasteiger partial charge in [0.2, 0.25) is 0 Å². The van der Waals surface area contributed by atoms with Crippen LogP contribution in [0, 0.1) is 0 Å². The first-order chi connectivity index (χ1) is 16.5. The average molecular weight is 462 g/mol. The normalized spacial score (nSPS) is 11.0. The third-order valence-corrected chi connectivity index (χ3v) is 5.39. The first kappa shape index (κ1) is 23.0. The second-order valence-electron chi connectivity index (χ2n) is 7.95. The summed E-state index contributed by atoms with van der Waals surface area (Å²) in [6.45, 7) is 2.75. The highest BCUT2D eigenvalue weighted by atomic mass is 16.5. The fraction of sp³-hybridized carbons (Fsp3) is 0.280. The van der Waals surface area contributed by atoms with Crippen molar-refractivity contribution in [3.05, 3.63) is 81.0 Å². The van der Waals surface area contributed by atoms with Gasteiger partial charge in [-0.1, -0.05) is 37.3 Å². The summed E-state index contributed by atoms with van der Waals surface area (Å²) < 4.78 is 6.73. The number of fused-ring (bicyclic) bond motifs is 1. The standard InChI is InChI=1S/C25H27N5O4/c1-2-15-30-24(32)21-23(29-25(30)33)28-22(27-21)18-10-12-19(13-11-18)34-16-20(31)26-14-6-9-17-7-4-3-5-8-17/h3-5,7-8,10-13H,2,6,9,14-16H2,1H3,(H,26,31)(H,27,28)(H,29,33). The fourth-order valence-corrected chi connectivity index (χ4v) is 3.65. The minimum absolute atomic E-state index is 0.0759. The number of benzene rings is 2. The highest BCUT2D eigenvalue weighted by Crippen LogP contribution is 2.21. The molecule has 2 aromatic carbocycles. The minimum Gasteiger partial charge on any atom is -0.484 e. The number of nitrogens with one attached hydrogen (secondary N) is 3.